The van der Waals surface area contributed by atoms with Crippen molar-refractivity contribution >= 4 is 22.3 Å². The topological polar surface area (TPSA) is 37.4 Å². The van der Waals surface area contributed by atoms with Crippen molar-refractivity contribution in [1.29, 1.82) is 0 Å². The third kappa shape index (κ3) is 5.49. The van der Waals surface area contributed by atoms with E-state index in [-0.39, 0.29) is 12.1 Å². The van der Waals surface area contributed by atoms with Crippen LogP contribution in [0.1, 0.15) is 35.6 Å². The molecule has 1 N–H and O–H groups in total. The fraction of sp³-hybridized carbons (Fsp3) is 0.303. The lowest BCUT2D eigenvalue weighted by molar-refractivity contribution is -0.137. The number of fused-ring (bicyclic) bond motifs is 4. The van der Waals surface area contributed by atoms with Crippen molar-refractivity contribution in [3.63, 3.8) is 0 Å². The predicted octanol–water partition coefficient (Wildman–Crippen LogP) is 8.15. The third-order valence-corrected chi connectivity index (χ3v) is 8.36. The molecule has 4 unspecified atom stereocenters. The minimum Gasteiger partial charge on any atom is -0.367 e. The number of pyridine rings is 1. The van der Waals surface area contributed by atoms with Gasteiger partial charge in [0.05, 0.1) is 23.8 Å². The highest BCUT2D eigenvalue weighted by molar-refractivity contribution is 5.86. The van der Waals surface area contributed by atoms with Crippen LogP contribution in [0.2, 0.25) is 0 Å². The van der Waals surface area contributed by atoms with E-state index in [1.807, 2.05) is 48.7 Å². The average Bonchev–Trinajstić information content (AvgIpc) is 2.98. The standard InChI is InChI=1S/C33H32F3N3O/c1-2-23-20-39-17-15-24(23)18-31(39)32(40-21-22-6-4-3-5-7-22)28-14-16-37-30-13-12-27(19-29(28)30)38-26-10-8-25(9-11-26)33(34,35)36/h2-14,16,19,23-24,31-32,38H,1,15,17-18,20-21H2/t23?,24?,31?,32-/m1/s1. The van der Waals surface area contributed by atoms with Gasteiger partial charge >= 0.3 is 6.18 Å². The Balaban J connectivity index is 1.33. The van der Waals surface area contributed by atoms with Gasteiger partial charge < -0.3 is 10.1 Å². The zero-order valence-electron chi connectivity index (χ0n) is 22.1. The van der Waals surface area contributed by atoms with E-state index in [1.165, 1.54) is 18.6 Å². The highest BCUT2D eigenvalue weighted by Crippen LogP contribution is 2.44. The Morgan fingerprint density at radius 2 is 1.80 bits per heavy atom. The van der Waals surface area contributed by atoms with Crippen LogP contribution in [0.5, 0.6) is 0 Å². The molecule has 0 spiro atoms. The number of rotatable bonds is 8. The Morgan fingerprint density at radius 3 is 2.50 bits per heavy atom. The molecule has 206 valence electrons. The van der Waals surface area contributed by atoms with E-state index < -0.39 is 11.7 Å². The Bertz CT molecular complexity index is 1470. The largest absolute Gasteiger partial charge is 0.416 e. The minimum absolute atomic E-state index is 0.166. The molecule has 3 aliphatic heterocycles. The number of halogens is 3. The fourth-order valence-electron chi connectivity index (χ4n) is 6.26. The van der Waals surface area contributed by atoms with Gasteiger partial charge in [-0.25, -0.2) is 0 Å². The van der Waals surface area contributed by atoms with Gasteiger partial charge in [-0.2, -0.15) is 13.2 Å². The first-order valence-corrected chi connectivity index (χ1v) is 13.7. The summed E-state index contributed by atoms with van der Waals surface area (Å²) in [7, 11) is 0. The smallest absolute Gasteiger partial charge is 0.367 e. The van der Waals surface area contributed by atoms with Crippen molar-refractivity contribution in [1.82, 2.24) is 9.88 Å². The van der Waals surface area contributed by atoms with Gasteiger partial charge in [-0.1, -0.05) is 36.4 Å². The summed E-state index contributed by atoms with van der Waals surface area (Å²) in [6, 6.07) is 23.4. The van der Waals surface area contributed by atoms with E-state index in [4.69, 9.17) is 4.74 Å². The van der Waals surface area contributed by atoms with Crippen molar-refractivity contribution < 1.29 is 17.9 Å². The first-order valence-electron chi connectivity index (χ1n) is 13.7. The summed E-state index contributed by atoms with van der Waals surface area (Å²) in [6.45, 7) is 6.62. The van der Waals surface area contributed by atoms with E-state index >= 15 is 0 Å². The second-order valence-corrected chi connectivity index (χ2v) is 10.8. The number of ether oxygens (including phenoxy) is 1. The number of hydrogen-bond donors (Lipinski definition) is 1. The SMILES string of the molecule is C=CC1CN2CCC1CC2[C@H](OCc1ccccc1)c1ccnc2ccc(Nc3ccc(C(F)(F)F)cc3)cc12. The molecule has 4 nitrogen and oxygen atoms in total. The highest BCUT2D eigenvalue weighted by atomic mass is 19.4. The maximum absolute atomic E-state index is 13.0. The molecule has 0 radical (unpaired) electrons. The van der Waals surface area contributed by atoms with E-state index in [9.17, 15) is 13.2 Å². The van der Waals surface area contributed by atoms with Gasteiger partial charge in [0.15, 0.2) is 0 Å². The number of aromatic nitrogens is 1. The van der Waals surface area contributed by atoms with Gasteiger partial charge in [-0.05, 0) is 90.9 Å². The summed E-state index contributed by atoms with van der Waals surface area (Å²) in [6.07, 6.45) is 1.63. The summed E-state index contributed by atoms with van der Waals surface area (Å²) in [5, 5.41) is 4.23. The maximum Gasteiger partial charge on any atom is 0.416 e. The molecule has 3 fully saturated rings. The van der Waals surface area contributed by atoms with E-state index in [1.54, 1.807) is 0 Å². The van der Waals surface area contributed by atoms with Gasteiger partial charge in [0.2, 0.25) is 0 Å². The van der Waals surface area contributed by atoms with E-state index in [0.717, 1.165) is 59.4 Å². The summed E-state index contributed by atoms with van der Waals surface area (Å²) in [4.78, 5) is 7.17. The zero-order valence-corrected chi connectivity index (χ0v) is 22.1. The maximum atomic E-state index is 13.0. The molecule has 4 heterocycles. The molecular formula is C33H32F3N3O. The Kier molecular flexibility index (Phi) is 7.34. The average molecular weight is 544 g/mol. The van der Waals surface area contributed by atoms with Gasteiger partial charge in [0, 0.05) is 35.5 Å². The van der Waals surface area contributed by atoms with Gasteiger partial charge in [-0.3, -0.25) is 9.88 Å². The Labute approximate surface area is 232 Å². The molecule has 5 atom stereocenters. The number of nitrogens with one attached hydrogen (secondary N) is 1. The van der Waals surface area contributed by atoms with Gasteiger partial charge in [-0.15, -0.1) is 6.58 Å². The predicted molar refractivity (Wildman–Crippen MR) is 152 cm³/mol. The van der Waals surface area contributed by atoms with Crippen LogP contribution in [0, 0.1) is 11.8 Å². The first kappa shape index (κ1) is 26.5. The lowest BCUT2D eigenvalue weighted by Gasteiger charge is -2.51. The third-order valence-electron chi connectivity index (χ3n) is 8.36. The summed E-state index contributed by atoms with van der Waals surface area (Å²) < 4.78 is 45.8. The van der Waals surface area contributed by atoms with Crippen LogP contribution in [0.25, 0.3) is 10.9 Å². The van der Waals surface area contributed by atoms with Crippen LogP contribution < -0.4 is 5.32 Å². The molecule has 40 heavy (non-hydrogen) atoms. The second kappa shape index (κ2) is 11.1. The highest BCUT2D eigenvalue weighted by Gasteiger charge is 2.43. The van der Waals surface area contributed by atoms with Gasteiger partial charge in [0.25, 0.3) is 0 Å². The molecule has 0 saturated carbocycles. The molecule has 0 amide bonds. The molecule has 1 aromatic heterocycles. The number of benzene rings is 3. The van der Waals surface area contributed by atoms with Gasteiger partial charge in [0.1, 0.15) is 0 Å². The van der Waals surface area contributed by atoms with Crippen molar-refractivity contribution in [2.24, 2.45) is 11.8 Å². The van der Waals surface area contributed by atoms with Crippen LogP contribution >= 0.6 is 0 Å². The molecular weight excluding hydrogens is 511 g/mol. The number of hydrogen-bond acceptors (Lipinski definition) is 4. The number of piperidine rings is 3. The first-order chi connectivity index (χ1) is 19.4. The summed E-state index contributed by atoms with van der Waals surface area (Å²) >= 11 is 0. The molecule has 4 aromatic rings. The normalized spacial score (nSPS) is 23.2. The zero-order chi connectivity index (χ0) is 27.7. The van der Waals surface area contributed by atoms with Crippen molar-refractivity contribution in [2.45, 2.75) is 37.8 Å². The van der Waals surface area contributed by atoms with Crippen molar-refractivity contribution in [3.8, 4) is 0 Å². The van der Waals surface area contributed by atoms with Crippen molar-refractivity contribution in [2.75, 3.05) is 18.4 Å². The monoisotopic (exact) mass is 543 g/mol. The fourth-order valence-corrected chi connectivity index (χ4v) is 6.26. The molecule has 3 saturated heterocycles. The van der Waals surface area contributed by atoms with E-state index in [2.05, 4.69) is 40.0 Å². The van der Waals surface area contributed by atoms with E-state index in [0.29, 0.717) is 24.1 Å². The quantitative estimate of drug-likeness (QED) is 0.228. The Morgan fingerprint density at radius 1 is 1.02 bits per heavy atom. The lowest BCUT2D eigenvalue weighted by atomic mass is 9.73. The minimum atomic E-state index is -4.36. The molecule has 3 aromatic carbocycles. The van der Waals surface area contributed by atoms with Crippen LogP contribution in [0.3, 0.4) is 0 Å². The lowest BCUT2D eigenvalue weighted by Crippen LogP contribution is -2.55. The molecule has 3 aliphatic rings. The second-order valence-electron chi connectivity index (χ2n) is 10.8. The molecule has 0 aliphatic carbocycles. The number of alkyl halides is 3. The summed E-state index contributed by atoms with van der Waals surface area (Å²) in [5.41, 5.74) is 3.74. The summed E-state index contributed by atoms with van der Waals surface area (Å²) in [5.74, 6) is 1.11. The number of anilines is 2. The molecule has 7 rings (SSSR count). The van der Waals surface area contributed by atoms with Crippen molar-refractivity contribution in [3.05, 3.63) is 114 Å². The molecule has 2 bridgehead atoms. The van der Waals surface area contributed by atoms with Crippen LogP contribution in [0.4, 0.5) is 24.5 Å². The number of nitrogens with zero attached hydrogens (tertiary/aromatic N) is 2. The molecule has 7 heteroatoms. The van der Waals surface area contributed by atoms with Crippen LogP contribution in [0.15, 0.2) is 97.7 Å². The Hall–Kier alpha value is -3.68. The van der Waals surface area contributed by atoms with Crippen LogP contribution in [-0.2, 0) is 17.5 Å². The van der Waals surface area contributed by atoms with Crippen LogP contribution in [-0.4, -0.2) is 29.0 Å².